The van der Waals surface area contributed by atoms with Crippen LogP contribution in [0.1, 0.15) is 0 Å². The summed E-state index contributed by atoms with van der Waals surface area (Å²) in [7, 11) is 0. The second-order valence-electron chi connectivity index (χ2n) is 3.04. The van der Waals surface area contributed by atoms with Crippen LogP contribution in [0.4, 0.5) is 0 Å². The van der Waals surface area contributed by atoms with Crippen molar-refractivity contribution in [2.75, 3.05) is 19.7 Å². The number of nitrogens with one attached hydrogen (secondary N) is 1. The molecule has 1 aromatic carbocycles. The van der Waals surface area contributed by atoms with Crippen molar-refractivity contribution in [2.45, 2.75) is 0 Å². The van der Waals surface area contributed by atoms with E-state index in [1.165, 1.54) is 0 Å². The van der Waals surface area contributed by atoms with E-state index in [-0.39, 0.29) is 5.75 Å². The molecule has 14 heavy (non-hydrogen) atoms. The van der Waals surface area contributed by atoms with Crippen LogP contribution in [0, 0.1) is 0 Å². The predicted molar refractivity (Wildman–Crippen MR) is 53.9 cm³/mol. The zero-order chi connectivity index (χ0) is 9.80. The van der Waals surface area contributed by atoms with E-state index in [0.29, 0.717) is 6.61 Å². The Hall–Kier alpha value is -1.71. The minimum absolute atomic E-state index is 0.244. The van der Waals surface area contributed by atoms with Crippen molar-refractivity contribution in [3.05, 3.63) is 24.3 Å². The Kier molecular flexibility index (Phi) is 2.53. The fraction of sp³-hybridized carbons (Fsp3) is 0.300. The Balaban J connectivity index is 1.88. The molecule has 0 spiro atoms. The number of phenols is 1. The molecule has 1 heterocycles. The molecule has 0 amide bonds. The van der Waals surface area contributed by atoms with Crippen LogP contribution in [-0.2, 0) is 0 Å². The molecule has 1 aliphatic heterocycles. The number of phenolic OH excluding ortho intramolecular Hbond substituents is 1. The van der Waals surface area contributed by atoms with E-state index in [1.54, 1.807) is 24.3 Å². The fourth-order valence-corrected chi connectivity index (χ4v) is 1.24. The zero-order valence-electron chi connectivity index (χ0n) is 7.73. The van der Waals surface area contributed by atoms with Gasteiger partial charge in [-0.2, -0.15) is 0 Å². The van der Waals surface area contributed by atoms with Gasteiger partial charge < -0.3 is 15.2 Å². The van der Waals surface area contributed by atoms with Crippen LogP contribution in [-0.4, -0.2) is 30.6 Å². The number of hydrogen-bond donors (Lipinski definition) is 2. The Morgan fingerprint density at radius 2 is 2.14 bits per heavy atom. The van der Waals surface area contributed by atoms with Gasteiger partial charge in [0.25, 0.3) is 0 Å². The average Bonchev–Trinajstić information content (AvgIpc) is 2.70. The maximum atomic E-state index is 9.04. The van der Waals surface area contributed by atoms with Crippen LogP contribution < -0.4 is 10.1 Å². The monoisotopic (exact) mass is 192 g/mol. The van der Waals surface area contributed by atoms with Gasteiger partial charge in [0.05, 0.1) is 6.54 Å². The minimum atomic E-state index is 0.244. The highest BCUT2D eigenvalue weighted by Gasteiger charge is 2.04. The molecule has 4 heteroatoms. The fourth-order valence-electron chi connectivity index (χ4n) is 1.24. The van der Waals surface area contributed by atoms with Crippen LogP contribution in [0.15, 0.2) is 29.3 Å². The van der Waals surface area contributed by atoms with Crippen LogP contribution in [0.2, 0.25) is 0 Å². The van der Waals surface area contributed by atoms with E-state index >= 15 is 0 Å². The summed E-state index contributed by atoms with van der Waals surface area (Å²) >= 11 is 0. The number of benzene rings is 1. The molecule has 74 valence electrons. The van der Waals surface area contributed by atoms with Crippen molar-refractivity contribution in [1.29, 1.82) is 0 Å². The number of rotatable bonds is 3. The highest BCUT2D eigenvalue weighted by molar-refractivity contribution is 5.84. The Morgan fingerprint density at radius 3 is 2.79 bits per heavy atom. The highest BCUT2D eigenvalue weighted by Crippen LogP contribution is 2.15. The molecule has 0 radical (unpaired) electrons. The molecule has 1 aliphatic rings. The second kappa shape index (κ2) is 4.00. The summed E-state index contributed by atoms with van der Waals surface area (Å²) in [4.78, 5) is 4.20. The van der Waals surface area contributed by atoms with Crippen molar-refractivity contribution in [3.63, 3.8) is 0 Å². The summed E-state index contributed by atoms with van der Waals surface area (Å²) < 4.78 is 5.44. The molecule has 0 saturated heterocycles. The number of hydrogen-bond acceptors (Lipinski definition) is 4. The van der Waals surface area contributed by atoms with Gasteiger partial charge in [0.2, 0.25) is 0 Å². The van der Waals surface area contributed by atoms with Crippen molar-refractivity contribution in [3.8, 4) is 11.5 Å². The molecule has 0 atom stereocenters. The molecule has 0 fully saturated rings. The van der Waals surface area contributed by atoms with E-state index in [2.05, 4.69) is 10.3 Å². The number of amidine groups is 1. The quantitative estimate of drug-likeness (QED) is 0.743. The minimum Gasteiger partial charge on any atom is -0.508 e. The first-order valence-electron chi connectivity index (χ1n) is 4.53. The molecule has 1 aromatic rings. The first kappa shape index (κ1) is 8.87. The van der Waals surface area contributed by atoms with Crippen LogP contribution in [0.3, 0.4) is 0 Å². The number of aromatic hydroxyl groups is 1. The molecular weight excluding hydrogens is 180 g/mol. The largest absolute Gasteiger partial charge is 0.508 e. The van der Waals surface area contributed by atoms with Gasteiger partial charge in [0.1, 0.15) is 23.9 Å². The summed E-state index contributed by atoms with van der Waals surface area (Å²) in [5.74, 6) is 1.87. The maximum absolute atomic E-state index is 9.04. The molecule has 0 aromatic heterocycles. The summed E-state index contributed by atoms with van der Waals surface area (Å²) in [6, 6.07) is 6.65. The summed E-state index contributed by atoms with van der Waals surface area (Å²) in [5, 5.41) is 12.2. The molecule has 0 aliphatic carbocycles. The lowest BCUT2D eigenvalue weighted by molar-refractivity contribution is 0.372. The van der Waals surface area contributed by atoms with E-state index < -0.39 is 0 Å². The lowest BCUT2D eigenvalue weighted by Gasteiger charge is -2.06. The van der Waals surface area contributed by atoms with E-state index in [9.17, 15) is 0 Å². The second-order valence-corrected chi connectivity index (χ2v) is 3.04. The van der Waals surface area contributed by atoms with Gasteiger partial charge in [-0.3, -0.25) is 4.99 Å². The van der Waals surface area contributed by atoms with Gasteiger partial charge in [0.15, 0.2) is 0 Å². The summed E-state index contributed by atoms with van der Waals surface area (Å²) in [6.07, 6.45) is 0. The predicted octanol–water partition coefficient (Wildman–Crippen LogP) is 0.773. The van der Waals surface area contributed by atoms with Gasteiger partial charge in [-0.25, -0.2) is 0 Å². The van der Waals surface area contributed by atoms with Crippen LogP contribution in [0.5, 0.6) is 11.5 Å². The van der Waals surface area contributed by atoms with Crippen molar-refractivity contribution in [1.82, 2.24) is 5.32 Å². The first-order valence-corrected chi connectivity index (χ1v) is 4.53. The number of aliphatic imine (C=N–C) groups is 1. The molecule has 0 bridgehead atoms. The van der Waals surface area contributed by atoms with Gasteiger partial charge in [-0.1, -0.05) is 0 Å². The summed E-state index contributed by atoms with van der Waals surface area (Å²) in [5.41, 5.74) is 0. The number of nitrogens with zero attached hydrogens (tertiary/aromatic N) is 1. The Bertz CT molecular complexity index is 332. The van der Waals surface area contributed by atoms with E-state index in [4.69, 9.17) is 9.84 Å². The molecular formula is C10H12N2O2. The topological polar surface area (TPSA) is 53.9 Å². The van der Waals surface area contributed by atoms with E-state index in [1.807, 2.05) is 0 Å². The van der Waals surface area contributed by atoms with Crippen LogP contribution in [0.25, 0.3) is 0 Å². The van der Waals surface area contributed by atoms with Crippen LogP contribution >= 0.6 is 0 Å². The smallest absolute Gasteiger partial charge is 0.145 e. The van der Waals surface area contributed by atoms with Gasteiger partial charge in [-0.05, 0) is 24.3 Å². The van der Waals surface area contributed by atoms with Crippen molar-refractivity contribution in [2.24, 2.45) is 4.99 Å². The molecule has 0 unspecified atom stereocenters. The number of ether oxygens (including phenoxy) is 1. The van der Waals surface area contributed by atoms with Crippen molar-refractivity contribution >= 4 is 5.84 Å². The average molecular weight is 192 g/mol. The molecule has 0 saturated carbocycles. The third-order valence-electron chi connectivity index (χ3n) is 1.96. The maximum Gasteiger partial charge on any atom is 0.145 e. The van der Waals surface area contributed by atoms with Crippen molar-refractivity contribution < 1.29 is 9.84 Å². The normalized spacial score (nSPS) is 14.7. The standard InChI is InChI=1S/C10H12N2O2/c13-8-1-3-9(4-2-8)14-7-10-11-5-6-12-10/h1-4,13H,5-7H2,(H,11,12). The molecule has 2 rings (SSSR count). The lowest BCUT2D eigenvalue weighted by atomic mass is 10.3. The summed E-state index contributed by atoms with van der Waals surface area (Å²) in [6.45, 7) is 2.19. The third kappa shape index (κ3) is 2.16. The van der Waals surface area contributed by atoms with Gasteiger partial charge in [0, 0.05) is 6.54 Å². The SMILES string of the molecule is Oc1ccc(OCC2=NCCN2)cc1. The molecule has 2 N–H and O–H groups in total. The van der Waals surface area contributed by atoms with Gasteiger partial charge in [-0.15, -0.1) is 0 Å². The Morgan fingerprint density at radius 1 is 1.36 bits per heavy atom. The first-order chi connectivity index (χ1) is 6.84. The lowest BCUT2D eigenvalue weighted by Crippen LogP contribution is -2.24. The highest BCUT2D eigenvalue weighted by atomic mass is 16.5. The molecule has 4 nitrogen and oxygen atoms in total. The third-order valence-corrected chi connectivity index (χ3v) is 1.96. The van der Waals surface area contributed by atoms with E-state index in [0.717, 1.165) is 24.7 Å². The van der Waals surface area contributed by atoms with Gasteiger partial charge >= 0.3 is 0 Å². The zero-order valence-corrected chi connectivity index (χ0v) is 7.73. The Labute approximate surface area is 82.2 Å².